The molecule has 212 valence electrons. The molecule has 3 N–H and O–H groups in total. The SMILES string of the molecule is Cc1cn(CCCCCOCC(COCC(=O)O)OCCCCCn2cc(C)c(=O)[nH]c2=O)c(=O)[nH]c1=O. The molecule has 0 aliphatic carbocycles. The Hall–Kier alpha value is -3.29. The summed E-state index contributed by atoms with van der Waals surface area (Å²) >= 11 is 0. The van der Waals surface area contributed by atoms with E-state index in [-0.39, 0.29) is 24.3 Å². The standard InChI is InChI=1S/C25H38N4O9/c1-18-13-28(24(34)26-22(18)32)9-5-3-7-11-36-15-20(16-37-17-21(30)31)38-12-8-4-6-10-29-14-19(2)23(33)27-25(29)35/h13-14,20H,3-12,15-17H2,1-2H3,(H,30,31)(H,26,32,34)(H,27,33,35). The van der Waals surface area contributed by atoms with Crippen molar-refractivity contribution in [3.63, 3.8) is 0 Å². The lowest BCUT2D eigenvalue weighted by molar-refractivity contribution is -0.144. The molecule has 0 aliphatic rings. The topological polar surface area (TPSA) is 175 Å². The molecular weight excluding hydrogens is 500 g/mol. The van der Waals surface area contributed by atoms with Gasteiger partial charge in [-0.3, -0.25) is 19.6 Å². The van der Waals surface area contributed by atoms with Crippen molar-refractivity contribution in [1.29, 1.82) is 0 Å². The number of nitrogens with zero attached hydrogens (tertiary/aromatic N) is 2. The third-order valence-corrected chi connectivity index (χ3v) is 5.80. The quantitative estimate of drug-likeness (QED) is 0.216. The number of aliphatic carboxylic acids is 1. The van der Waals surface area contributed by atoms with E-state index in [0.717, 1.165) is 38.5 Å². The number of aryl methyl sites for hydroxylation is 4. The number of carbonyl (C=O) groups is 1. The van der Waals surface area contributed by atoms with Crippen molar-refractivity contribution in [1.82, 2.24) is 19.1 Å². The molecule has 0 amide bonds. The molecule has 2 aromatic rings. The van der Waals surface area contributed by atoms with Crippen LogP contribution in [0.15, 0.2) is 31.6 Å². The summed E-state index contributed by atoms with van der Waals surface area (Å²) in [6.45, 7) is 5.12. The Bertz CT molecular complexity index is 1240. The van der Waals surface area contributed by atoms with Crippen LogP contribution in [0.1, 0.15) is 49.7 Å². The lowest BCUT2D eigenvalue weighted by atomic mass is 10.2. The van der Waals surface area contributed by atoms with E-state index < -0.39 is 30.1 Å². The number of aromatic nitrogens is 4. The van der Waals surface area contributed by atoms with E-state index in [1.54, 1.807) is 26.2 Å². The fraction of sp³-hybridized carbons (Fsp3) is 0.640. The van der Waals surface area contributed by atoms with Gasteiger partial charge in [-0.2, -0.15) is 0 Å². The zero-order valence-corrected chi connectivity index (χ0v) is 22.0. The Balaban J connectivity index is 1.64. The highest BCUT2D eigenvalue weighted by molar-refractivity contribution is 5.67. The minimum Gasteiger partial charge on any atom is -0.480 e. The largest absolute Gasteiger partial charge is 0.480 e. The van der Waals surface area contributed by atoms with Crippen molar-refractivity contribution >= 4 is 5.97 Å². The number of rotatable bonds is 19. The number of carboxylic acid groups (broad SMARTS) is 1. The number of unbranched alkanes of at least 4 members (excludes halogenated alkanes) is 4. The first-order chi connectivity index (χ1) is 18.2. The summed E-state index contributed by atoms with van der Waals surface area (Å²) < 4.78 is 19.7. The number of carboxylic acids is 1. The van der Waals surface area contributed by atoms with E-state index in [4.69, 9.17) is 19.3 Å². The van der Waals surface area contributed by atoms with E-state index in [9.17, 15) is 24.0 Å². The van der Waals surface area contributed by atoms with Crippen LogP contribution in [0.5, 0.6) is 0 Å². The molecule has 13 nitrogen and oxygen atoms in total. The number of ether oxygens (including phenoxy) is 3. The number of hydrogen-bond donors (Lipinski definition) is 3. The first-order valence-electron chi connectivity index (χ1n) is 12.8. The predicted octanol–water partition coefficient (Wildman–Crippen LogP) is 0.547. The predicted molar refractivity (Wildman–Crippen MR) is 139 cm³/mol. The molecule has 2 rings (SSSR count). The van der Waals surface area contributed by atoms with Gasteiger partial charge in [-0.15, -0.1) is 0 Å². The molecule has 0 saturated carbocycles. The Morgan fingerprint density at radius 2 is 1.29 bits per heavy atom. The van der Waals surface area contributed by atoms with E-state index >= 15 is 0 Å². The molecular formula is C25H38N4O9. The lowest BCUT2D eigenvalue weighted by Gasteiger charge is -2.18. The van der Waals surface area contributed by atoms with Crippen LogP contribution in [0.3, 0.4) is 0 Å². The zero-order chi connectivity index (χ0) is 27.9. The first-order valence-corrected chi connectivity index (χ1v) is 12.8. The van der Waals surface area contributed by atoms with Crippen molar-refractivity contribution in [2.75, 3.05) is 33.0 Å². The molecule has 1 unspecified atom stereocenters. The van der Waals surface area contributed by atoms with Crippen LogP contribution in [0, 0.1) is 13.8 Å². The molecule has 0 saturated heterocycles. The number of aromatic amines is 2. The fourth-order valence-electron chi connectivity index (χ4n) is 3.68. The second-order valence-corrected chi connectivity index (χ2v) is 9.13. The number of nitrogens with one attached hydrogen (secondary N) is 2. The second-order valence-electron chi connectivity index (χ2n) is 9.13. The minimum atomic E-state index is -1.06. The van der Waals surface area contributed by atoms with Crippen molar-refractivity contribution in [3.05, 3.63) is 65.2 Å². The highest BCUT2D eigenvalue weighted by Crippen LogP contribution is 2.04. The first kappa shape index (κ1) is 30.9. The molecule has 0 aliphatic heterocycles. The summed E-state index contributed by atoms with van der Waals surface area (Å²) in [6.07, 6.45) is 7.30. The molecule has 0 aromatic carbocycles. The van der Waals surface area contributed by atoms with Crippen LogP contribution in [0.2, 0.25) is 0 Å². The maximum Gasteiger partial charge on any atom is 0.329 e. The Kier molecular flexibility index (Phi) is 13.5. The Morgan fingerprint density at radius 3 is 1.82 bits per heavy atom. The molecule has 2 heterocycles. The van der Waals surface area contributed by atoms with Gasteiger partial charge in [0.1, 0.15) is 12.7 Å². The molecule has 13 heteroatoms. The summed E-state index contributed by atoms with van der Waals surface area (Å²) in [5.74, 6) is -1.06. The number of H-pyrrole nitrogens is 2. The van der Waals surface area contributed by atoms with E-state index in [2.05, 4.69) is 9.97 Å². The molecule has 0 spiro atoms. The summed E-state index contributed by atoms with van der Waals surface area (Å²) in [5, 5.41) is 8.79. The van der Waals surface area contributed by atoms with Crippen LogP contribution >= 0.6 is 0 Å². The van der Waals surface area contributed by atoms with Gasteiger partial charge in [-0.1, -0.05) is 0 Å². The van der Waals surface area contributed by atoms with E-state index in [1.807, 2.05) is 0 Å². The third kappa shape index (κ3) is 11.4. The third-order valence-electron chi connectivity index (χ3n) is 5.80. The molecule has 0 fully saturated rings. The monoisotopic (exact) mass is 538 g/mol. The van der Waals surface area contributed by atoms with Crippen molar-refractivity contribution < 1.29 is 24.1 Å². The van der Waals surface area contributed by atoms with Crippen molar-refractivity contribution in [3.8, 4) is 0 Å². The molecule has 0 radical (unpaired) electrons. The molecule has 2 aromatic heterocycles. The van der Waals surface area contributed by atoms with E-state index in [0.29, 0.717) is 37.4 Å². The van der Waals surface area contributed by atoms with Gasteiger partial charge in [-0.25, -0.2) is 14.4 Å². The smallest absolute Gasteiger partial charge is 0.329 e. The number of hydrogen-bond acceptors (Lipinski definition) is 8. The average molecular weight is 539 g/mol. The summed E-state index contributed by atoms with van der Waals surface area (Å²) in [5.41, 5.74) is -0.624. The maximum atomic E-state index is 11.8. The molecule has 38 heavy (non-hydrogen) atoms. The van der Waals surface area contributed by atoms with Crippen molar-refractivity contribution in [2.24, 2.45) is 0 Å². The molecule has 0 bridgehead atoms. The van der Waals surface area contributed by atoms with Crippen LogP contribution in [0.25, 0.3) is 0 Å². The average Bonchev–Trinajstić information content (AvgIpc) is 2.85. The normalized spacial score (nSPS) is 12.1. The van der Waals surface area contributed by atoms with Gasteiger partial charge in [0.2, 0.25) is 0 Å². The second kappa shape index (κ2) is 16.5. The van der Waals surface area contributed by atoms with Gasteiger partial charge in [0, 0.05) is 49.8 Å². The van der Waals surface area contributed by atoms with Gasteiger partial charge in [0.25, 0.3) is 11.1 Å². The summed E-state index contributed by atoms with van der Waals surface area (Å²) in [7, 11) is 0. The fourth-order valence-corrected chi connectivity index (χ4v) is 3.68. The van der Waals surface area contributed by atoms with Crippen LogP contribution in [-0.2, 0) is 32.1 Å². The zero-order valence-electron chi connectivity index (χ0n) is 22.0. The highest BCUT2D eigenvalue weighted by Gasteiger charge is 2.11. The van der Waals surface area contributed by atoms with Gasteiger partial charge < -0.3 is 28.5 Å². The summed E-state index contributed by atoms with van der Waals surface area (Å²) in [6, 6.07) is 0. The van der Waals surface area contributed by atoms with Crippen LogP contribution < -0.4 is 22.5 Å². The van der Waals surface area contributed by atoms with Gasteiger partial charge >= 0.3 is 17.3 Å². The van der Waals surface area contributed by atoms with Crippen molar-refractivity contribution in [2.45, 2.75) is 71.6 Å². The molecule has 1 atom stereocenters. The van der Waals surface area contributed by atoms with Gasteiger partial charge in [-0.05, 0) is 52.4 Å². The maximum absolute atomic E-state index is 11.8. The van der Waals surface area contributed by atoms with Crippen LogP contribution in [-0.4, -0.2) is 69.3 Å². The highest BCUT2D eigenvalue weighted by atomic mass is 16.6. The lowest BCUT2D eigenvalue weighted by Crippen LogP contribution is -2.30. The van der Waals surface area contributed by atoms with E-state index in [1.165, 1.54) is 9.13 Å². The minimum absolute atomic E-state index is 0.0901. The van der Waals surface area contributed by atoms with Gasteiger partial charge in [0.05, 0.1) is 13.2 Å². The van der Waals surface area contributed by atoms with Gasteiger partial charge in [0.15, 0.2) is 0 Å². The Morgan fingerprint density at radius 1 is 0.789 bits per heavy atom. The summed E-state index contributed by atoms with van der Waals surface area (Å²) in [4.78, 5) is 61.8. The Labute approximate surface area is 219 Å². The van der Waals surface area contributed by atoms with Crippen LogP contribution in [0.4, 0.5) is 0 Å².